The number of benzene rings is 1. The van der Waals surface area contributed by atoms with Gasteiger partial charge >= 0.3 is 0 Å². The largest absolute Gasteiger partial charge is 0.303 e. The molecule has 0 amide bonds. The Labute approximate surface area is 119 Å². The van der Waals surface area contributed by atoms with Gasteiger partial charge in [-0.2, -0.15) is 0 Å². The van der Waals surface area contributed by atoms with Crippen LogP contribution in [0, 0.1) is 11.5 Å². The quantitative estimate of drug-likeness (QED) is 0.613. The summed E-state index contributed by atoms with van der Waals surface area (Å²) < 4.78 is 0. The molecule has 1 aromatic carbocycles. The summed E-state index contributed by atoms with van der Waals surface area (Å²) in [5.41, 5.74) is 4.87. The van der Waals surface area contributed by atoms with Gasteiger partial charge in [-0.1, -0.05) is 69.2 Å². The molecule has 0 saturated heterocycles. The highest BCUT2D eigenvalue weighted by Crippen LogP contribution is 2.02. The molecular formula is C17H27NSi. The number of hydrogen-bond donors (Lipinski definition) is 1. The van der Waals surface area contributed by atoms with Gasteiger partial charge in [0.25, 0.3) is 0 Å². The maximum Gasteiger partial charge on any atom is 0.129 e. The van der Waals surface area contributed by atoms with Crippen molar-refractivity contribution in [2.24, 2.45) is 0 Å². The highest BCUT2D eigenvalue weighted by molar-refractivity contribution is 6.83. The first kappa shape index (κ1) is 16.0. The summed E-state index contributed by atoms with van der Waals surface area (Å²) >= 11 is 0. The Bertz CT molecular complexity index is 408. The van der Waals surface area contributed by atoms with Gasteiger partial charge < -0.3 is 5.32 Å². The molecule has 1 rings (SSSR count). The van der Waals surface area contributed by atoms with Gasteiger partial charge in [-0.05, 0) is 18.4 Å². The molecule has 2 heteroatoms. The van der Waals surface area contributed by atoms with E-state index in [1.165, 1.54) is 12.0 Å². The molecular weight excluding hydrogens is 246 g/mol. The van der Waals surface area contributed by atoms with E-state index in [1.54, 1.807) is 0 Å². The van der Waals surface area contributed by atoms with Gasteiger partial charge in [-0.3, -0.25) is 0 Å². The van der Waals surface area contributed by atoms with Gasteiger partial charge in [0, 0.05) is 6.54 Å². The minimum Gasteiger partial charge on any atom is -0.303 e. The van der Waals surface area contributed by atoms with Crippen LogP contribution >= 0.6 is 0 Å². The van der Waals surface area contributed by atoms with Crippen molar-refractivity contribution < 1.29 is 0 Å². The van der Waals surface area contributed by atoms with Crippen LogP contribution in [0.5, 0.6) is 0 Å². The normalized spacial score (nSPS) is 12.6. The van der Waals surface area contributed by atoms with E-state index in [0.717, 1.165) is 19.4 Å². The Morgan fingerprint density at radius 3 is 2.42 bits per heavy atom. The fourth-order valence-electron chi connectivity index (χ4n) is 1.85. The molecule has 0 fully saturated rings. The Balaban J connectivity index is 2.43. The van der Waals surface area contributed by atoms with Crippen LogP contribution in [-0.4, -0.2) is 20.7 Å². The minimum absolute atomic E-state index is 0.362. The van der Waals surface area contributed by atoms with Crippen molar-refractivity contribution in [2.45, 2.75) is 51.9 Å². The second kappa shape index (κ2) is 8.19. The molecule has 0 spiro atoms. The molecule has 0 saturated carbocycles. The third-order valence-corrected chi connectivity index (χ3v) is 3.74. The van der Waals surface area contributed by atoms with E-state index in [1.807, 2.05) is 0 Å². The van der Waals surface area contributed by atoms with Crippen molar-refractivity contribution in [3.05, 3.63) is 35.9 Å². The van der Waals surface area contributed by atoms with E-state index in [9.17, 15) is 0 Å². The van der Waals surface area contributed by atoms with E-state index in [4.69, 9.17) is 0 Å². The molecule has 1 atom stereocenters. The zero-order valence-corrected chi connectivity index (χ0v) is 13.8. The topological polar surface area (TPSA) is 12.0 Å². The maximum absolute atomic E-state index is 3.59. The summed E-state index contributed by atoms with van der Waals surface area (Å²) in [7, 11) is -1.25. The standard InChI is InChI=1S/C17H27NSi/c1-5-9-17(13-15-19(2,3)4)18-14-12-16-10-7-6-8-11-16/h6-8,10-11,17-18H,5,9,12,14H2,1-4H3. The van der Waals surface area contributed by atoms with Crippen LogP contribution in [0.2, 0.25) is 19.6 Å². The van der Waals surface area contributed by atoms with Crippen molar-refractivity contribution in [3.63, 3.8) is 0 Å². The number of nitrogens with one attached hydrogen (secondary N) is 1. The number of hydrogen-bond acceptors (Lipinski definition) is 1. The molecule has 0 aliphatic carbocycles. The summed E-state index contributed by atoms with van der Waals surface area (Å²) in [4.78, 5) is 0. The Morgan fingerprint density at radius 2 is 1.84 bits per heavy atom. The van der Waals surface area contributed by atoms with E-state index in [2.05, 4.69) is 73.7 Å². The van der Waals surface area contributed by atoms with Gasteiger partial charge in [0.15, 0.2) is 0 Å². The summed E-state index contributed by atoms with van der Waals surface area (Å²) in [6, 6.07) is 11.0. The fourth-order valence-corrected chi connectivity index (χ4v) is 2.46. The van der Waals surface area contributed by atoms with Gasteiger partial charge in [0.2, 0.25) is 0 Å². The summed E-state index contributed by atoms with van der Waals surface area (Å²) in [5, 5.41) is 3.59. The molecule has 0 heterocycles. The van der Waals surface area contributed by atoms with Crippen LogP contribution in [0.1, 0.15) is 25.3 Å². The Hall–Kier alpha value is -1.04. The van der Waals surface area contributed by atoms with Crippen LogP contribution in [0.25, 0.3) is 0 Å². The first-order chi connectivity index (χ1) is 9.01. The van der Waals surface area contributed by atoms with Gasteiger partial charge in [0.05, 0.1) is 6.04 Å². The van der Waals surface area contributed by atoms with Crippen LogP contribution in [0.3, 0.4) is 0 Å². The van der Waals surface area contributed by atoms with Crippen LogP contribution in [-0.2, 0) is 6.42 Å². The predicted octanol–water partition coefficient (Wildman–Crippen LogP) is 3.87. The first-order valence-corrected chi connectivity index (χ1v) is 10.8. The van der Waals surface area contributed by atoms with Gasteiger partial charge in [0.1, 0.15) is 8.07 Å². The van der Waals surface area contributed by atoms with Crippen LogP contribution in [0.15, 0.2) is 30.3 Å². The summed E-state index contributed by atoms with van der Waals surface area (Å²) in [5.74, 6) is 3.45. The lowest BCUT2D eigenvalue weighted by Gasteiger charge is -2.13. The van der Waals surface area contributed by atoms with Crippen molar-refractivity contribution in [1.29, 1.82) is 0 Å². The zero-order valence-electron chi connectivity index (χ0n) is 12.8. The third-order valence-electron chi connectivity index (χ3n) is 2.85. The second-order valence-electron chi connectivity index (χ2n) is 6.05. The molecule has 1 nitrogen and oxygen atoms in total. The van der Waals surface area contributed by atoms with Crippen LogP contribution < -0.4 is 5.32 Å². The molecule has 104 valence electrons. The zero-order chi connectivity index (χ0) is 14.1. The van der Waals surface area contributed by atoms with E-state index in [0.29, 0.717) is 6.04 Å². The summed E-state index contributed by atoms with van der Waals surface area (Å²) in [6.45, 7) is 10.1. The lowest BCUT2D eigenvalue weighted by Crippen LogP contribution is -2.30. The SMILES string of the molecule is CCCC(C#C[Si](C)(C)C)NCCc1ccccc1. The average Bonchev–Trinajstić information content (AvgIpc) is 2.36. The highest BCUT2D eigenvalue weighted by atomic mass is 28.3. The van der Waals surface area contributed by atoms with Crippen molar-refractivity contribution in [2.75, 3.05) is 6.54 Å². The highest BCUT2D eigenvalue weighted by Gasteiger charge is 2.09. The molecule has 19 heavy (non-hydrogen) atoms. The lowest BCUT2D eigenvalue weighted by molar-refractivity contribution is 0.565. The Morgan fingerprint density at radius 1 is 1.16 bits per heavy atom. The molecule has 0 aliphatic rings. The van der Waals surface area contributed by atoms with E-state index < -0.39 is 8.07 Å². The average molecular weight is 273 g/mol. The maximum atomic E-state index is 3.59. The van der Waals surface area contributed by atoms with E-state index >= 15 is 0 Å². The predicted molar refractivity (Wildman–Crippen MR) is 88.0 cm³/mol. The third kappa shape index (κ3) is 7.87. The molecule has 1 unspecified atom stereocenters. The molecule has 0 bridgehead atoms. The van der Waals surface area contributed by atoms with Crippen molar-refractivity contribution in [1.82, 2.24) is 5.32 Å². The molecule has 0 radical (unpaired) electrons. The smallest absolute Gasteiger partial charge is 0.129 e. The van der Waals surface area contributed by atoms with Crippen LogP contribution in [0.4, 0.5) is 0 Å². The monoisotopic (exact) mass is 273 g/mol. The lowest BCUT2D eigenvalue weighted by atomic mass is 10.1. The fraction of sp³-hybridized carbons (Fsp3) is 0.529. The first-order valence-electron chi connectivity index (χ1n) is 7.31. The number of rotatable bonds is 6. The van der Waals surface area contributed by atoms with Gasteiger partial charge in [-0.25, -0.2) is 0 Å². The minimum atomic E-state index is -1.25. The van der Waals surface area contributed by atoms with Crippen molar-refractivity contribution >= 4 is 8.07 Å². The Kier molecular flexibility index (Phi) is 6.90. The van der Waals surface area contributed by atoms with Crippen molar-refractivity contribution in [3.8, 4) is 11.5 Å². The van der Waals surface area contributed by atoms with E-state index in [-0.39, 0.29) is 0 Å². The summed E-state index contributed by atoms with van der Waals surface area (Å²) in [6.07, 6.45) is 3.41. The molecule has 1 N–H and O–H groups in total. The molecule has 0 aliphatic heterocycles. The molecule has 0 aromatic heterocycles. The second-order valence-corrected chi connectivity index (χ2v) is 10.8. The van der Waals surface area contributed by atoms with Gasteiger partial charge in [-0.15, -0.1) is 5.54 Å². The molecule has 1 aromatic rings.